The van der Waals surface area contributed by atoms with E-state index < -0.39 is 5.97 Å². The van der Waals surface area contributed by atoms with E-state index in [1.54, 1.807) is 0 Å². The van der Waals surface area contributed by atoms with Crippen molar-refractivity contribution in [2.45, 2.75) is 58.4 Å². The highest BCUT2D eigenvalue weighted by Gasteiger charge is 2.25. The number of carbonyl (C=O) groups is 1. The van der Waals surface area contributed by atoms with Crippen LogP contribution < -0.4 is 0 Å². The lowest BCUT2D eigenvalue weighted by Gasteiger charge is -2.29. The largest absolute Gasteiger partial charge is 0.480 e. The number of rotatable bonds is 7. The highest BCUT2D eigenvalue weighted by Crippen LogP contribution is 2.24. The zero-order valence-corrected chi connectivity index (χ0v) is 10.6. The first-order valence-electron chi connectivity index (χ1n) is 6.59. The first kappa shape index (κ1) is 13.5. The van der Waals surface area contributed by atoms with Crippen molar-refractivity contribution in [2.24, 2.45) is 5.92 Å². The minimum atomic E-state index is -0.685. The molecule has 1 N–H and O–H groups in total. The molecule has 3 nitrogen and oxygen atoms in total. The topological polar surface area (TPSA) is 40.5 Å². The Morgan fingerprint density at radius 2 is 2.06 bits per heavy atom. The van der Waals surface area contributed by atoms with Crippen molar-refractivity contribution < 1.29 is 9.90 Å². The van der Waals surface area contributed by atoms with Crippen LogP contribution >= 0.6 is 0 Å². The molecule has 0 aromatic carbocycles. The van der Waals surface area contributed by atoms with E-state index in [4.69, 9.17) is 5.11 Å². The van der Waals surface area contributed by atoms with Gasteiger partial charge in [0.15, 0.2) is 0 Å². The molecule has 0 amide bonds. The molecular weight excluding hydrogens is 202 g/mol. The van der Waals surface area contributed by atoms with Gasteiger partial charge in [-0.05, 0) is 25.2 Å². The number of carboxylic acid groups (broad SMARTS) is 1. The molecule has 1 unspecified atom stereocenters. The molecule has 0 aromatic rings. The summed E-state index contributed by atoms with van der Waals surface area (Å²) in [4.78, 5) is 13.1. The summed E-state index contributed by atoms with van der Waals surface area (Å²) in [6.45, 7) is 5.59. The van der Waals surface area contributed by atoms with Crippen LogP contribution in [-0.2, 0) is 4.79 Å². The van der Waals surface area contributed by atoms with Gasteiger partial charge in [-0.2, -0.15) is 0 Å². The van der Waals surface area contributed by atoms with Crippen LogP contribution in [0.2, 0.25) is 0 Å². The first-order valence-corrected chi connectivity index (χ1v) is 6.59. The highest BCUT2D eigenvalue weighted by atomic mass is 16.4. The average molecular weight is 227 g/mol. The fourth-order valence-corrected chi connectivity index (χ4v) is 2.77. The Bertz CT molecular complexity index is 212. The Hall–Kier alpha value is -0.570. The third-order valence-electron chi connectivity index (χ3n) is 3.51. The fraction of sp³-hybridized carbons (Fsp3) is 0.923. The number of hydrogen-bond acceptors (Lipinski definition) is 2. The summed E-state index contributed by atoms with van der Waals surface area (Å²) in [5.74, 6) is -0.0689. The maximum Gasteiger partial charge on any atom is 0.317 e. The van der Waals surface area contributed by atoms with Crippen molar-refractivity contribution in [3.8, 4) is 0 Å². The van der Waals surface area contributed by atoms with Gasteiger partial charge in [0.2, 0.25) is 0 Å². The van der Waals surface area contributed by atoms with E-state index >= 15 is 0 Å². The molecule has 16 heavy (non-hydrogen) atoms. The second-order valence-electron chi connectivity index (χ2n) is 5.16. The Balaban J connectivity index is 2.45. The summed E-state index contributed by atoms with van der Waals surface area (Å²) in [5.41, 5.74) is 0. The normalized spacial score (nSPS) is 19.2. The Labute approximate surface area is 98.8 Å². The van der Waals surface area contributed by atoms with Gasteiger partial charge < -0.3 is 5.11 Å². The standard InChI is InChI=1S/C13H25NO2/c1-3-6-11(2)9-14(10-13(15)16)12-7-4-5-8-12/h11-12H,3-10H2,1-2H3,(H,15,16). The predicted molar refractivity (Wildman–Crippen MR) is 65.5 cm³/mol. The van der Waals surface area contributed by atoms with E-state index in [1.807, 2.05) is 0 Å². The minimum Gasteiger partial charge on any atom is -0.480 e. The van der Waals surface area contributed by atoms with Gasteiger partial charge in [-0.25, -0.2) is 0 Å². The Morgan fingerprint density at radius 1 is 1.44 bits per heavy atom. The van der Waals surface area contributed by atoms with E-state index in [-0.39, 0.29) is 6.54 Å². The highest BCUT2D eigenvalue weighted by molar-refractivity contribution is 5.69. The second-order valence-corrected chi connectivity index (χ2v) is 5.16. The summed E-state index contributed by atoms with van der Waals surface area (Å²) in [6, 6.07) is 0.524. The Kier molecular flexibility index (Phi) is 5.81. The molecule has 0 radical (unpaired) electrons. The summed E-state index contributed by atoms with van der Waals surface area (Å²) < 4.78 is 0. The molecule has 1 aliphatic carbocycles. The lowest BCUT2D eigenvalue weighted by atomic mass is 10.0. The van der Waals surface area contributed by atoms with Crippen LogP contribution in [0.25, 0.3) is 0 Å². The van der Waals surface area contributed by atoms with Crippen LogP contribution in [0.5, 0.6) is 0 Å². The number of aliphatic carboxylic acids is 1. The SMILES string of the molecule is CCCC(C)CN(CC(=O)O)C1CCCC1. The van der Waals surface area contributed by atoms with E-state index in [2.05, 4.69) is 18.7 Å². The van der Waals surface area contributed by atoms with Crippen LogP contribution in [0.3, 0.4) is 0 Å². The fourth-order valence-electron chi connectivity index (χ4n) is 2.77. The molecule has 1 atom stereocenters. The second kappa shape index (κ2) is 6.89. The van der Waals surface area contributed by atoms with Crippen LogP contribution in [0, 0.1) is 5.92 Å². The molecular formula is C13H25NO2. The smallest absolute Gasteiger partial charge is 0.317 e. The van der Waals surface area contributed by atoms with Gasteiger partial charge >= 0.3 is 5.97 Å². The lowest BCUT2D eigenvalue weighted by molar-refractivity contribution is -0.139. The summed E-state index contributed by atoms with van der Waals surface area (Å²) in [6.07, 6.45) is 7.29. The van der Waals surface area contributed by atoms with Crippen molar-refractivity contribution in [3.05, 3.63) is 0 Å². The summed E-state index contributed by atoms with van der Waals surface area (Å²) in [5, 5.41) is 8.95. The minimum absolute atomic E-state index is 0.221. The third kappa shape index (κ3) is 4.52. The Morgan fingerprint density at radius 3 is 2.56 bits per heavy atom. The van der Waals surface area contributed by atoms with E-state index in [9.17, 15) is 4.79 Å². The molecule has 0 saturated heterocycles. The van der Waals surface area contributed by atoms with Gasteiger partial charge in [0.05, 0.1) is 6.54 Å². The zero-order valence-electron chi connectivity index (χ0n) is 10.6. The van der Waals surface area contributed by atoms with Crippen molar-refractivity contribution in [3.63, 3.8) is 0 Å². The number of nitrogens with zero attached hydrogens (tertiary/aromatic N) is 1. The quantitative estimate of drug-likeness (QED) is 0.727. The van der Waals surface area contributed by atoms with Gasteiger partial charge in [0, 0.05) is 12.6 Å². The van der Waals surface area contributed by atoms with Gasteiger partial charge in [-0.3, -0.25) is 9.69 Å². The van der Waals surface area contributed by atoms with Gasteiger partial charge in [0.25, 0.3) is 0 Å². The molecule has 0 spiro atoms. The van der Waals surface area contributed by atoms with Crippen molar-refractivity contribution in [1.82, 2.24) is 4.90 Å². The number of carboxylic acids is 1. The van der Waals surface area contributed by atoms with E-state index in [1.165, 1.54) is 38.5 Å². The third-order valence-corrected chi connectivity index (χ3v) is 3.51. The molecule has 0 aromatic heterocycles. The van der Waals surface area contributed by atoms with Crippen LogP contribution in [0.1, 0.15) is 52.4 Å². The van der Waals surface area contributed by atoms with Gasteiger partial charge in [-0.1, -0.05) is 33.1 Å². The number of hydrogen-bond donors (Lipinski definition) is 1. The zero-order chi connectivity index (χ0) is 12.0. The maximum absolute atomic E-state index is 10.9. The molecule has 1 saturated carbocycles. The first-order chi connectivity index (χ1) is 7.63. The molecule has 94 valence electrons. The lowest BCUT2D eigenvalue weighted by Crippen LogP contribution is -2.40. The average Bonchev–Trinajstić information content (AvgIpc) is 2.68. The molecule has 3 heteroatoms. The summed E-state index contributed by atoms with van der Waals surface area (Å²) in [7, 11) is 0. The van der Waals surface area contributed by atoms with Gasteiger partial charge in [-0.15, -0.1) is 0 Å². The van der Waals surface area contributed by atoms with E-state index in [0.29, 0.717) is 12.0 Å². The summed E-state index contributed by atoms with van der Waals surface area (Å²) >= 11 is 0. The molecule has 1 rings (SSSR count). The molecule has 0 aliphatic heterocycles. The predicted octanol–water partition coefficient (Wildman–Crippen LogP) is 2.75. The van der Waals surface area contributed by atoms with Crippen LogP contribution in [-0.4, -0.2) is 35.1 Å². The van der Waals surface area contributed by atoms with Crippen molar-refractivity contribution in [1.29, 1.82) is 0 Å². The molecule has 0 heterocycles. The van der Waals surface area contributed by atoms with Crippen molar-refractivity contribution in [2.75, 3.05) is 13.1 Å². The molecule has 1 fully saturated rings. The molecule has 1 aliphatic rings. The van der Waals surface area contributed by atoms with E-state index in [0.717, 1.165) is 6.54 Å². The van der Waals surface area contributed by atoms with Crippen molar-refractivity contribution >= 4 is 5.97 Å². The molecule has 0 bridgehead atoms. The van der Waals surface area contributed by atoms with Crippen LogP contribution in [0.15, 0.2) is 0 Å². The van der Waals surface area contributed by atoms with Gasteiger partial charge in [0.1, 0.15) is 0 Å². The monoisotopic (exact) mass is 227 g/mol. The maximum atomic E-state index is 10.9. The van der Waals surface area contributed by atoms with Crippen LogP contribution in [0.4, 0.5) is 0 Å².